The lowest BCUT2D eigenvalue weighted by Crippen LogP contribution is -2.54. The minimum Gasteiger partial charge on any atom is -0.445 e. The van der Waals surface area contributed by atoms with E-state index in [1.807, 2.05) is 54.6 Å². The summed E-state index contributed by atoms with van der Waals surface area (Å²) in [6.07, 6.45) is 0.323. The highest BCUT2D eigenvalue weighted by Gasteiger charge is 2.24. The molecule has 0 aliphatic carbocycles. The van der Waals surface area contributed by atoms with Crippen LogP contribution in [0, 0.1) is 0 Å². The van der Waals surface area contributed by atoms with Gasteiger partial charge in [0.25, 0.3) is 11.8 Å². The SMILES string of the molecule is CC(C)(C)OC(=O)NCC(=O)NNC(=O)C(Cc1c[nH]c2ccccc12)NC(=O)OCc1ccccc1. The number of hydrazine groups is 1. The lowest BCUT2D eigenvalue weighted by atomic mass is 10.0. The maximum absolute atomic E-state index is 12.9. The highest BCUT2D eigenvalue weighted by Crippen LogP contribution is 2.19. The summed E-state index contributed by atoms with van der Waals surface area (Å²) in [5, 5.41) is 5.75. The first-order valence-corrected chi connectivity index (χ1v) is 11.7. The molecule has 0 saturated carbocycles. The Morgan fingerprint density at radius 1 is 0.919 bits per heavy atom. The van der Waals surface area contributed by atoms with Crippen LogP contribution in [0.2, 0.25) is 0 Å². The van der Waals surface area contributed by atoms with Crippen LogP contribution in [0.15, 0.2) is 60.8 Å². The molecule has 4 amide bonds. The van der Waals surface area contributed by atoms with Crippen LogP contribution >= 0.6 is 0 Å². The number of fused-ring (bicyclic) bond motifs is 1. The maximum Gasteiger partial charge on any atom is 0.408 e. The molecule has 1 unspecified atom stereocenters. The van der Waals surface area contributed by atoms with Crippen molar-refractivity contribution in [2.45, 2.75) is 45.4 Å². The second kappa shape index (κ2) is 12.4. The largest absolute Gasteiger partial charge is 0.445 e. The van der Waals surface area contributed by atoms with Crippen LogP contribution in [0.25, 0.3) is 10.9 Å². The molecule has 3 rings (SSSR count). The van der Waals surface area contributed by atoms with Crippen LogP contribution in [0.5, 0.6) is 0 Å². The number of aromatic amines is 1. The number of benzene rings is 2. The van der Waals surface area contributed by atoms with E-state index in [9.17, 15) is 19.2 Å². The number of hydrogen-bond acceptors (Lipinski definition) is 6. The summed E-state index contributed by atoms with van der Waals surface area (Å²) >= 11 is 0. The molecule has 0 fully saturated rings. The fraction of sp³-hybridized carbons (Fsp3) is 0.308. The van der Waals surface area contributed by atoms with Crippen molar-refractivity contribution in [1.29, 1.82) is 0 Å². The lowest BCUT2D eigenvalue weighted by Gasteiger charge is -2.20. The molecule has 0 aliphatic heterocycles. The van der Waals surface area contributed by atoms with Crippen LogP contribution in [0.1, 0.15) is 31.9 Å². The Morgan fingerprint density at radius 3 is 2.35 bits per heavy atom. The van der Waals surface area contributed by atoms with Gasteiger partial charge < -0.3 is 25.1 Å². The standard InChI is InChI=1S/C26H31N5O6/c1-26(2,3)37-24(34)28-15-22(32)30-31-23(33)21(13-18-14-27-20-12-8-7-11-19(18)20)29-25(35)36-16-17-9-5-4-6-10-17/h4-12,14,21,27H,13,15-16H2,1-3H3,(H,28,34)(H,29,35)(H,30,32)(H,31,33). The number of H-pyrrole nitrogens is 1. The van der Waals surface area contributed by atoms with Crippen molar-refractivity contribution in [3.8, 4) is 0 Å². The zero-order chi connectivity index (χ0) is 26.8. The second-order valence-electron chi connectivity index (χ2n) is 9.22. The smallest absolute Gasteiger partial charge is 0.408 e. The summed E-state index contributed by atoms with van der Waals surface area (Å²) in [6.45, 7) is 4.69. The average molecular weight is 510 g/mol. The molecular formula is C26H31N5O6. The number of nitrogens with one attached hydrogen (secondary N) is 5. The molecular weight excluding hydrogens is 478 g/mol. The Labute approximate surface area is 214 Å². The first-order valence-electron chi connectivity index (χ1n) is 11.7. The van der Waals surface area contributed by atoms with Crippen molar-refractivity contribution >= 4 is 34.9 Å². The minimum atomic E-state index is -1.07. The Kier molecular flexibility index (Phi) is 9.09. The number of aromatic nitrogens is 1. The maximum atomic E-state index is 12.9. The number of carbonyl (C=O) groups excluding carboxylic acids is 4. The first-order chi connectivity index (χ1) is 17.6. The van der Waals surface area contributed by atoms with Crippen LogP contribution < -0.4 is 21.5 Å². The molecule has 196 valence electrons. The fourth-order valence-electron chi connectivity index (χ4n) is 3.37. The monoisotopic (exact) mass is 509 g/mol. The van der Waals surface area contributed by atoms with E-state index in [1.165, 1.54) is 0 Å². The third-order valence-corrected chi connectivity index (χ3v) is 5.04. The number of hydrogen-bond donors (Lipinski definition) is 5. The van der Waals surface area contributed by atoms with E-state index in [0.29, 0.717) is 0 Å². The summed E-state index contributed by atoms with van der Waals surface area (Å²) in [5.74, 6) is -1.36. The quantitative estimate of drug-likeness (QED) is 0.295. The van der Waals surface area contributed by atoms with E-state index >= 15 is 0 Å². The molecule has 3 aromatic rings. The highest BCUT2D eigenvalue weighted by molar-refractivity contribution is 5.90. The molecule has 0 spiro atoms. The van der Waals surface area contributed by atoms with Gasteiger partial charge in [-0.25, -0.2) is 9.59 Å². The van der Waals surface area contributed by atoms with Gasteiger partial charge in [-0.15, -0.1) is 0 Å². The van der Waals surface area contributed by atoms with Gasteiger partial charge in [0.15, 0.2) is 0 Å². The van der Waals surface area contributed by atoms with Gasteiger partial charge in [0.05, 0.1) is 0 Å². The molecule has 37 heavy (non-hydrogen) atoms. The predicted octanol–water partition coefficient (Wildman–Crippen LogP) is 2.68. The second-order valence-corrected chi connectivity index (χ2v) is 9.22. The van der Waals surface area contributed by atoms with Crippen molar-refractivity contribution in [2.75, 3.05) is 6.54 Å². The van der Waals surface area contributed by atoms with E-state index in [-0.39, 0.29) is 13.0 Å². The molecule has 2 aromatic carbocycles. The third kappa shape index (κ3) is 8.88. The average Bonchev–Trinajstić information content (AvgIpc) is 3.27. The number of ether oxygens (including phenoxy) is 2. The van der Waals surface area contributed by atoms with Gasteiger partial charge in [0.1, 0.15) is 24.8 Å². The highest BCUT2D eigenvalue weighted by atomic mass is 16.6. The number of carbonyl (C=O) groups is 4. The van der Waals surface area contributed by atoms with Gasteiger partial charge >= 0.3 is 12.2 Å². The van der Waals surface area contributed by atoms with E-state index in [2.05, 4.69) is 26.5 Å². The van der Waals surface area contributed by atoms with Crippen LogP contribution in [0.3, 0.4) is 0 Å². The molecule has 0 bridgehead atoms. The van der Waals surface area contributed by atoms with Crippen molar-refractivity contribution in [3.05, 3.63) is 71.9 Å². The minimum absolute atomic E-state index is 0.0289. The van der Waals surface area contributed by atoms with Gasteiger partial charge in [-0.3, -0.25) is 20.4 Å². The van der Waals surface area contributed by atoms with Crippen molar-refractivity contribution in [1.82, 2.24) is 26.5 Å². The van der Waals surface area contributed by atoms with Gasteiger partial charge in [0, 0.05) is 23.5 Å². The summed E-state index contributed by atoms with van der Waals surface area (Å²) in [4.78, 5) is 52.4. The Balaban J connectivity index is 1.60. The summed E-state index contributed by atoms with van der Waals surface area (Å²) in [6, 6.07) is 15.6. The molecule has 0 radical (unpaired) electrons. The summed E-state index contributed by atoms with van der Waals surface area (Å²) in [7, 11) is 0. The third-order valence-electron chi connectivity index (χ3n) is 5.04. The van der Waals surface area contributed by atoms with Gasteiger partial charge in [-0.05, 0) is 38.0 Å². The topological polar surface area (TPSA) is 151 Å². The molecule has 1 atom stereocenters. The molecule has 0 aliphatic rings. The predicted molar refractivity (Wildman–Crippen MR) is 136 cm³/mol. The van der Waals surface area contributed by atoms with Crippen molar-refractivity contribution in [3.63, 3.8) is 0 Å². The number of amides is 4. The van der Waals surface area contributed by atoms with Crippen LogP contribution in [-0.4, -0.2) is 47.2 Å². The first kappa shape index (κ1) is 27.1. The lowest BCUT2D eigenvalue weighted by molar-refractivity contribution is -0.129. The van der Waals surface area contributed by atoms with Crippen LogP contribution in [0.4, 0.5) is 9.59 Å². The Morgan fingerprint density at radius 2 is 1.62 bits per heavy atom. The van der Waals surface area contributed by atoms with E-state index in [0.717, 1.165) is 22.0 Å². The van der Waals surface area contributed by atoms with Crippen molar-refractivity contribution in [2.24, 2.45) is 0 Å². The number of alkyl carbamates (subject to hydrolysis) is 2. The molecule has 5 N–H and O–H groups in total. The Hall–Kier alpha value is -4.54. The zero-order valence-electron chi connectivity index (χ0n) is 20.9. The van der Waals surface area contributed by atoms with Crippen LogP contribution in [-0.2, 0) is 32.1 Å². The normalized spacial score (nSPS) is 11.8. The number of para-hydroxylation sites is 1. The van der Waals surface area contributed by atoms with E-state index in [4.69, 9.17) is 9.47 Å². The zero-order valence-corrected chi connectivity index (χ0v) is 20.9. The van der Waals surface area contributed by atoms with E-state index in [1.54, 1.807) is 27.0 Å². The van der Waals surface area contributed by atoms with E-state index < -0.39 is 42.2 Å². The molecule has 1 heterocycles. The van der Waals surface area contributed by atoms with Crippen molar-refractivity contribution < 1.29 is 28.7 Å². The summed E-state index contributed by atoms with van der Waals surface area (Å²) in [5.41, 5.74) is 6.25. The molecule has 1 aromatic heterocycles. The molecule has 11 nitrogen and oxygen atoms in total. The fourth-order valence-corrected chi connectivity index (χ4v) is 3.37. The van der Waals surface area contributed by atoms with Gasteiger partial charge in [-0.2, -0.15) is 0 Å². The summed E-state index contributed by atoms with van der Waals surface area (Å²) < 4.78 is 10.3. The number of rotatable bonds is 8. The van der Waals surface area contributed by atoms with Gasteiger partial charge in [0.2, 0.25) is 0 Å². The Bertz CT molecular complexity index is 1230. The van der Waals surface area contributed by atoms with Gasteiger partial charge in [-0.1, -0.05) is 48.5 Å². The molecule has 0 saturated heterocycles. The molecule has 11 heteroatoms.